The van der Waals surface area contributed by atoms with Crippen LogP contribution in [-0.2, 0) is 16.1 Å². The van der Waals surface area contributed by atoms with Gasteiger partial charge in [0.15, 0.2) is 6.61 Å². The summed E-state index contributed by atoms with van der Waals surface area (Å²) in [6.07, 6.45) is 0. The molecule has 2 aromatic rings. The topological polar surface area (TPSA) is 46.6 Å². The van der Waals surface area contributed by atoms with Crippen molar-refractivity contribution in [3.8, 4) is 0 Å². The number of amides is 1. The van der Waals surface area contributed by atoms with Crippen LogP contribution in [0.15, 0.2) is 48.5 Å². The Balaban J connectivity index is 2.09. The van der Waals surface area contributed by atoms with Gasteiger partial charge in [-0.05, 0) is 38.5 Å². The zero-order chi connectivity index (χ0) is 19.3. The Labute approximate surface area is 163 Å². The Hall–Kier alpha value is -2.04. The van der Waals surface area contributed by atoms with Crippen LogP contribution in [0, 0.1) is 0 Å². The predicted octanol–water partition coefficient (Wildman–Crippen LogP) is 4.98. The van der Waals surface area contributed by atoms with Gasteiger partial charge in [-0.25, -0.2) is 4.79 Å². The van der Waals surface area contributed by atoms with Crippen molar-refractivity contribution in [3.63, 3.8) is 0 Å². The third-order valence-corrected chi connectivity index (χ3v) is 4.42. The predicted molar refractivity (Wildman–Crippen MR) is 103 cm³/mol. The Morgan fingerprint density at radius 1 is 0.962 bits per heavy atom. The van der Waals surface area contributed by atoms with Gasteiger partial charge >= 0.3 is 5.97 Å². The van der Waals surface area contributed by atoms with Gasteiger partial charge in [0.25, 0.3) is 5.91 Å². The zero-order valence-electron chi connectivity index (χ0n) is 15.0. The van der Waals surface area contributed by atoms with Crippen molar-refractivity contribution in [2.75, 3.05) is 6.61 Å². The van der Waals surface area contributed by atoms with E-state index in [1.807, 2.05) is 51.1 Å². The molecule has 0 N–H and O–H groups in total. The third kappa shape index (κ3) is 5.23. The first-order valence-corrected chi connectivity index (χ1v) is 8.91. The highest BCUT2D eigenvalue weighted by Gasteiger charge is 2.28. The van der Waals surface area contributed by atoms with Crippen LogP contribution in [0.5, 0.6) is 0 Å². The molecule has 138 valence electrons. The fourth-order valence-electron chi connectivity index (χ4n) is 2.44. The van der Waals surface area contributed by atoms with Crippen LogP contribution >= 0.6 is 23.2 Å². The first kappa shape index (κ1) is 20.3. The summed E-state index contributed by atoms with van der Waals surface area (Å²) in [4.78, 5) is 26.6. The second kappa shape index (κ2) is 8.56. The lowest BCUT2D eigenvalue weighted by Crippen LogP contribution is -2.46. The molecule has 2 rings (SSSR count). The summed E-state index contributed by atoms with van der Waals surface area (Å²) in [5.41, 5.74) is 0.631. The van der Waals surface area contributed by atoms with Crippen molar-refractivity contribution in [1.82, 2.24) is 4.90 Å². The molecule has 0 bridgehead atoms. The minimum Gasteiger partial charge on any atom is -0.452 e. The van der Waals surface area contributed by atoms with Crippen LogP contribution in [0.1, 0.15) is 36.7 Å². The van der Waals surface area contributed by atoms with E-state index in [-0.39, 0.29) is 28.1 Å². The van der Waals surface area contributed by atoms with Gasteiger partial charge in [-0.1, -0.05) is 59.6 Å². The van der Waals surface area contributed by atoms with Gasteiger partial charge in [-0.15, -0.1) is 0 Å². The van der Waals surface area contributed by atoms with E-state index in [2.05, 4.69) is 0 Å². The summed E-state index contributed by atoms with van der Waals surface area (Å²) in [6, 6.07) is 14.4. The molecule has 0 fully saturated rings. The van der Waals surface area contributed by atoms with E-state index in [9.17, 15) is 9.59 Å². The van der Waals surface area contributed by atoms with Crippen molar-refractivity contribution in [1.29, 1.82) is 0 Å². The molecule has 26 heavy (non-hydrogen) atoms. The Bertz CT molecular complexity index is 765. The van der Waals surface area contributed by atoms with E-state index < -0.39 is 11.5 Å². The minimum absolute atomic E-state index is 0.0639. The van der Waals surface area contributed by atoms with E-state index in [1.54, 1.807) is 23.1 Å². The maximum atomic E-state index is 12.7. The highest BCUT2D eigenvalue weighted by molar-refractivity contribution is 6.39. The van der Waals surface area contributed by atoms with Crippen molar-refractivity contribution < 1.29 is 14.3 Å². The van der Waals surface area contributed by atoms with Crippen LogP contribution < -0.4 is 0 Å². The lowest BCUT2D eigenvalue weighted by atomic mass is 10.0. The lowest BCUT2D eigenvalue weighted by molar-refractivity contribution is -0.140. The van der Waals surface area contributed by atoms with Gasteiger partial charge in [0.2, 0.25) is 0 Å². The number of halogens is 2. The van der Waals surface area contributed by atoms with Gasteiger partial charge in [0, 0.05) is 12.1 Å². The summed E-state index contributed by atoms with van der Waals surface area (Å²) < 4.78 is 5.17. The fourth-order valence-corrected chi connectivity index (χ4v) is 2.99. The van der Waals surface area contributed by atoms with Crippen LogP contribution in [0.25, 0.3) is 0 Å². The smallest absolute Gasteiger partial charge is 0.341 e. The Kier molecular flexibility index (Phi) is 6.68. The van der Waals surface area contributed by atoms with Crippen molar-refractivity contribution >= 4 is 35.1 Å². The van der Waals surface area contributed by atoms with E-state index >= 15 is 0 Å². The number of carbonyl (C=O) groups excluding carboxylic acids is 2. The van der Waals surface area contributed by atoms with Gasteiger partial charge in [-0.3, -0.25) is 4.79 Å². The van der Waals surface area contributed by atoms with Crippen LogP contribution in [0.4, 0.5) is 0 Å². The maximum Gasteiger partial charge on any atom is 0.341 e. The number of nitrogens with zero attached hydrogens (tertiary/aromatic N) is 1. The van der Waals surface area contributed by atoms with Gasteiger partial charge in [-0.2, -0.15) is 0 Å². The van der Waals surface area contributed by atoms with E-state index in [0.29, 0.717) is 6.54 Å². The highest BCUT2D eigenvalue weighted by Crippen LogP contribution is 2.25. The molecule has 6 heteroatoms. The summed E-state index contributed by atoms with van der Waals surface area (Å²) in [5.74, 6) is -1.01. The average Bonchev–Trinajstić information content (AvgIpc) is 2.57. The molecule has 0 aromatic heterocycles. The second-order valence-corrected chi connectivity index (χ2v) is 7.62. The van der Waals surface area contributed by atoms with Crippen LogP contribution in [0.3, 0.4) is 0 Å². The van der Waals surface area contributed by atoms with Gasteiger partial charge < -0.3 is 9.64 Å². The quantitative estimate of drug-likeness (QED) is 0.673. The summed E-state index contributed by atoms with van der Waals surface area (Å²) in [6.45, 7) is 5.83. The SMILES string of the molecule is CC(C)(C)N(Cc1ccccc1)C(=O)COC(=O)c1c(Cl)cccc1Cl. The standard InChI is InChI=1S/C20H21Cl2NO3/c1-20(2,3)23(12-14-8-5-4-6-9-14)17(24)13-26-19(25)18-15(21)10-7-11-16(18)22/h4-11H,12-13H2,1-3H3. The summed E-state index contributed by atoms with van der Waals surface area (Å²) >= 11 is 12.0. The molecular formula is C20H21Cl2NO3. The van der Waals surface area contributed by atoms with Crippen LogP contribution in [0.2, 0.25) is 10.0 Å². The zero-order valence-corrected chi connectivity index (χ0v) is 16.5. The molecule has 0 unspecified atom stereocenters. The Morgan fingerprint density at radius 2 is 1.54 bits per heavy atom. The summed E-state index contributed by atoms with van der Waals surface area (Å²) in [7, 11) is 0. The lowest BCUT2D eigenvalue weighted by Gasteiger charge is -2.35. The number of esters is 1. The molecule has 0 heterocycles. The second-order valence-electron chi connectivity index (χ2n) is 6.81. The normalized spacial score (nSPS) is 11.1. The number of hydrogen-bond acceptors (Lipinski definition) is 3. The highest BCUT2D eigenvalue weighted by atomic mass is 35.5. The minimum atomic E-state index is -0.720. The molecule has 0 aliphatic carbocycles. The molecular weight excluding hydrogens is 373 g/mol. The molecule has 0 aliphatic heterocycles. The van der Waals surface area contributed by atoms with Crippen molar-refractivity contribution in [3.05, 3.63) is 69.7 Å². The average molecular weight is 394 g/mol. The van der Waals surface area contributed by atoms with Crippen molar-refractivity contribution in [2.45, 2.75) is 32.9 Å². The molecule has 0 saturated heterocycles. The third-order valence-electron chi connectivity index (χ3n) is 3.79. The van der Waals surface area contributed by atoms with E-state index in [0.717, 1.165) is 5.56 Å². The van der Waals surface area contributed by atoms with E-state index in [1.165, 1.54) is 0 Å². The monoisotopic (exact) mass is 393 g/mol. The number of carbonyl (C=O) groups is 2. The number of ether oxygens (including phenoxy) is 1. The first-order chi connectivity index (χ1) is 12.2. The number of rotatable bonds is 5. The van der Waals surface area contributed by atoms with Gasteiger partial charge in [0.1, 0.15) is 0 Å². The Morgan fingerprint density at radius 3 is 2.08 bits per heavy atom. The molecule has 0 aliphatic rings. The molecule has 0 radical (unpaired) electrons. The number of benzene rings is 2. The van der Waals surface area contributed by atoms with Crippen molar-refractivity contribution in [2.24, 2.45) is 0 Å². The molecule has 0 spiro atoms. The number of hydrogen-bond donors (Lipinski definition) is 0. The first-order valence-electron chi connectivity index (χ1n) is 8.15. The fraction of sp³-hybridized carbons (Fsp3) is 0.300. The van der Waals surface area contributed by atoms with Gasteiger partial charge in [0.05, 0.1) is 15.6 Å². The maximum absolute atomic E-state index is 12.7. The summed E-state index contributed by atoms with van der Waals surface area (Å²) in [5, 5.41) is 0.374. The van der Waals surface area contributed by atoms with Crippen LogP contribution in [-0.4, -0.2) is 28.9 Å². The molecule has 0 saturated carbocycles. The molecule has 1 amide bonds. The molecule has 0 atom stereocenters. The molecule has 4 nitrogen and oxygen atoms in total. The molecule has 2 aromatic carbocycles. The van der Waals surface area contributed by atoms with E-state index in [4.69, 9.17) is 27.9 Å². The largest absolute Gasteiger partial charge is 0.452 e.